The van der Waals surface area contributed by atoms with E-state index in [0.717, 1.165) is 46.8 Å². The average molecular weight is 584 g/mol. The maximum atomic E-state index is 13.5. The van der Waals surface area contributed by atoms with Crippen LogP contribution >= 0.6 is 39.1 Å². The van der Waals surface area contributed by atoms with Crippen LogP contribution in [0.25, 0.3) is 0 Å². The standard InChI is InChI=1S/C27H33BrCl2N2O3/c1-4-24(27(34)31-21-8-6-5-7-9-21)32(15-19-10-11-20(29)14-23(19)30)25(33)16-35-22-12-17(2)26(28)18(3)13-22/h10-14,21,24H,4-9,15-16H2,1-3H3,(H,31,34). The molecular formula is C27H33BrCl2N2O3. The predicted molar refractivity (Wildman–Crippen MR) is 145 cm³/mol. The Morgan fingerprint density at radius 1 is 1.11 bits per heavy atom. The summed E-state index contributed by atoms with van der Waals surface area (Å²) in [6.45, 7) is 5.87. The maximum Gasteiger partial charge on any atom is 0.261 e. The molecule has 1 aliphatic carbocycles. The van der Waals surface area contributed by atoms with Gasteiger partial charge in [-0.2, -0.15) is 0 Å². The highest BCUT2D eigenvalue weighted by Crippen LogP contribution is 2.27. The van der Waals surface area contributed by atoms with Gasteiger partial charge < -0.3 is 15.0 Å². The van der Waals surface area contributed by atoms with E-state index in [4.69, 9.17) is 27.9 Å². The number of rotatable bonds is 9. The highest BCUT2D eigenvalue weighted by Gasteiger charge is 2.31. The summed E-state index contributed by atoms with van der Waals surface area (Å²) in [6.07, 6.45) is 5.87. The highest BCUT2D eigenvalue weighted by molar-refractivity contribution is 9.10. The minimum absolute atomic E-state index is 0.131. The van der Waals surface area contributed by atoms with Gasteiger partial charge in [-0.15, -0.1) is 0 Å². The van der Waals surface area contributed by atoms with Gasteiger partial charge in [0.2, 0.25) is 5.91 Å². The highest BCUT2D eigenvalue weighted by atomic mass is 79.9. The fourth-order valence-electron chi connectivity index (χ4n) is 4.51. The second-order valence-electron chi connectivity index (χ2n) is 9.18. The molecule has 3 rings (SSSR count). The molecule has 1 saturated carbocycles. The molecule has 0 aromatic heterocycles. The summed E-state index contributed by atoms with van der Waals surface area (Å²) < 4.78 is 6.89. The molecule has 0 spiro atoms. The quantitative estimate of drug-likeness (QED) is 0.345. The van der Waals surface area contributed by atoms with Gasteiger partial charge in [0.25, 0.3) is 5.91 Å². The third-order valence-corrected chi connectivity index (χ3v) is 8.30. The van der Waals surface area contributed by atoms with Gasteiger partial charge in [0.1, 0.15) is 11.8 Å². The van der Waals surface area contributed by atoms with E-state index in [1.807, 2.05) is 32.9 Å². The van der Waals surface area contributed by atoms with Gasteiger partial charge in [-0.3, -0.25) is 9.59 Å². The number of carbonyl (C=O) groups is 2. The second-order valence-corrected chi connectivity index (χ2v) is 10.8. The Labute approximate surface area is 226 Å². The van der Waals surface area contributed by atoms with Gasteiger partial charge in [0.15, 0.2) is 6.61 Å². The molecule has 5 nitrogen and oxygen atoms in total. The molecule has 35 heavy (non-hydrogen) atoms. The van der Waals surface area contributed by atoms with Gasteiger partial charge in [-0.1, -0.05) is 71.4 Å². The van der Waals surface area contributed by atoms with Crippen molar-refractivity contribution in [2.45, 2.75) is 77.9 Å². The van der Waals surface area contributed by atoms with Crippen molar-refractivity contribution in [3.05, 3.63) is 61.5 Å². The number of hydrogen-bond acceptors (Lipinski definition) is 3. The molecule has 8 heteroatoms. The first-order valence-corrected chi connectivity index (χ1v) is 13.7. The van der Waals surface area contributed by atoms with Crippen molar-refractivity contribution in [2.24, 2.45) is 0 Å². The van der Waals surface area contributed by atoms with Crippen LogP contribution in [0.2, 0.25) is 10.0 Å². The lowest BCUT2D eigenvalue weighted by Crippen LogP contribution is -2.52. The van der Waals surface area contributed by atoms with Crippen molar-refractivity contribution < 1.29 is 14.3 Å². The summed E-state index contributed by atoms with van der Waals surface area (Å²) in [5.74, 6) is 0.203. The first-order chi connectivity index (χ1) is 16.7. The number of ether oxygens (including phenoxy) is 1. The lowest BCUT2D eigenvalue weighted by atomic mass is 9.95. The van der Waals surface area contributed by atoms with Crippen LogP contribution in [0, 0.1) is 13.8 Å². The summed E-state index contributed by atoms with van der Waals surface area (Å²) in [7, 11) is 0. The van der Waals surface area contributed by atoms with E-state index in [9.17, 15) is 9.59 Å². The fraction of sp³-hybridized carbons (Fsp3) is 0.481. The third-order valence-electron chi connectivity index (χ3n) is 6.47. The zero-order valence-corrected chi connectivity index (χ0v) is 23.6. The molecule has 0 saturated heterocycles. The molecule has 0 radical (unpaired) electrons. The number of aryl methyl sites for hydroxylation is 2. The molecule has 1 atom stereocenters. The Morgan fingerprint density at radius 2 is 1.77 bits per heavy atom. The molecule has 0 heterocycles. The summed E-state index contributed by atoms with van der Waals surface area (Å²) in [5.41, 5.74) is 2.77. The summed E-state index contributed by atoms with van der Waals surface area (Å²) in [6, 6.07) is 8.47. The van der Waals surface area contributed by atoms with E-state index < -0.39 is 6.04 Å². The van der Waals surface area contributed by atoms with Crippen molar-refractivity contribution in [3.63, 3.8) is 0 Å². The molecule has 1 fully saturated rings. The molecule has 1 N–H and O–H groups in total. The molecule has 1 unspecified atom stereocenters. The number of amides is 2. The van der Waals surface area contributed by atoms with E-state index in [2.05, 4.69) is 21.2 Å². The zero-order chi connectivity index (χ0) is 25.5. The van der Waals surface area contributed by atoms with Gasteiger partial charge in [-0.05, 0) is 74.1 Å². The van der Waals surface area contributed by atoms with Crippen LogP contribution in [0.1, 0.15) is 62.1 Å². The van der Waals surface area contributed by atoms with Crippen LogP contribution < -0.4 is 10.1 Å². The molecule has 2 amide bonds. The van der Waals surface area contributed by atoms with E-state index in [1.165, 1.54) is 6.42 Å². The lowest BCUT2D eigenvalue weighted by Gasteiger charge is -2.33. The van der Waals surface area contributed by atoms with E-state index in [1.54, 1.807) is 23.1 Å². The fourth-order valence-corrected chi connectivity index (χ4v) is 5.21. The topological polar surface area (TPSA) is 58.6 Å². The summed E-state index contributed by atoms with van der Waals surface area (Å²) >= 11 is 16.0. The zero-order valence-electron chi connectivity index (χ0n) is 20.5. The lowest BCUT2D eigenvalue weighted by molar-refractivity contribution is -0.143. The van der Waals surface area contributed by atoms with Crippen molar-refractivity contribution in [2.75, 3.05) is 6.61 Å². The molecule has 2 aromatic rings. The second kappa shape index (κ2) is 13.0. The molecular weight excluding hydrogens is 551 g/mol. The molecule has 0 bridgehead atoms. The van der Waals surface area contributed by atoms with E-state index >= 15 is 0 Å². The van der Waals surface area contributed by atoms with E-state index in [0.29, 0.717) is 22.2 Å². The maximum absolute atomic E-state index is 13.5. The Kier molecular flexibility index (Phi) is 10.3. The van der Waals surface area contributed by atoms with Crippen LogP contribution in [0.15, 0.2) is 34.8 Å². The SMILES string of the molecule is CCC(C(=O)NC1CCCCC1)N(Cc1ccc(Cl)cc1Cl)C(=O)COc1cc(C)c(Br)c(C)c1. The molecule has 2 aromatic carbocycles. The third kappa shape index (κ3) is 7.61. The van der Waals surface area contributed by atoms with Crippen molar-refractivity contribution in [1.82, 2.24) is 10.2 Å². The summed E-state index contributed by atoms with van der Waals surface area (Å²) in [4.78, 5) is 28.4. The summed E-state index contributed by atoms with van der Waals surface area (Å²) in [5, 5.41) is 4.15. The Hall–Kier alpha value is -1.76. The van der Waals surface area contributed by atoms with Crippen molar-refractivity contribution >= 4 is 50.9 Å². The predicted octanol–water partition coefficient (Wildman–Crippen LogP) is 7.01. The van der Waals surface area contributed by atoms with Crippen LogP contribution in [0.5, 0.6) is 5.75 Å². The monoisotopic (exact) mass is 582 g/mol. The van der Waals surface area contributed by atoms with Gasteiger partial charge >= 0.3 is 0 Å². The molecule has 0 aliphatic heterocycles. The number of halogens is 3. The number of carbonyl (C=O) groups excluding carboxylic acids is 2. The number of hydrogen-bond donors (Lipinski definition) is 1. The normalized spacial score (nSPS) is 14.9. The number of nitrogens with zero attached hydrogens (tertiary/aromatic N) is 1. The van der Waals surface area contributed by atoms with Crippen LogP contribution in [0.3, 0.4) is 0 Å². The minimum atomic E-state index is -0.631. The number of nitrogens with one attached hydrogen (secondary N) is 1. The van der Waals surface area contributed by atoms with Crippen molar-refractivity contribution in [1.29, 1.82) is 0 Å². The molecule has 1 aliphatic rings. The minimum Gasteiger partial charge on any atom is -0.484 e. The average Bonchev–Trinajstić information content (AvgIpc) is 2.82. The first-order valence-electron chi connectivity index (χ1n) is 12.1. The van der Waals surface area contributed by atoms with Crippen molar-refractivity contribution in [3.8, 4) is 5.75 Å². The Balaban J connectivity index is 1.81. The van der Waals surface area contributed by atoms with Crippen LogP contribution in [-0.4, -0.2) is 35.4 Å². The Bertz CT molecular complexity index is 1030. The molecule has 190 valence electrons. The smallest absolute Gasteiger partial charge is 0.261 e. The van der Waals surface area contributed by atoms with Crippen LogP contribution in [-0.2, 0) is 16.1 Å². The van der Waals surface area contributed by atoms with Crippen LogP contribution in [0.4, 0.5) is 0 Å². The van der Waals surface area contributed by atoms with E-state index in [-0.39, 0.29) is 31.0 Å². The largest absolute Gasteiger partial charge is 0.484 e. The van der Waals surface area contributed by atoms with Gasteiger partial charge in [-0.25, -0.2) is 0 Å². The first kappa shape index (κ1) is 27.8. The van der Waals surface area contributed by atoms with Gasteiger partial charge in [0.05, 0.1) is 0 Å². The Morgan fingerprint density at radius 3 is 2.37 bits per heavy atom. The number of benzene rings is 2. The van der Waals surface area contributed by atoms with Gasteiger partial charge in [0, 0.05) is 27.1 Å².